The van der Waals surface area contributed by atoms with E-state index in [0.29, 0.717) is 17.5 Å². The average Bonchev–Trinajstić information content (AvgIpc) is 3.28. The van der Waals surface area contributed by atoms with Crippen molar-refractivity contribution in [3.05, 3.63) is 36.0 Å². The lowest BCUT2D eigenvalue weighted by molar-refractivity contribution is 0.608. The molecule has 0 radical (unpaired) electrons. The number of nitrogens with zero attached hydrogens (tertiary/aromatic N) is 3. The standard InChI is InChI=1S/C17H19N3/c1-12(2)11-20(14-7-8-14)17-13(9-18)10-19-16-6-4-3-5-15(16)17/h3-6,10,12,14H,7-8,11H2,1-2H3. The van der Waals surface area contributed by atoms with Gasteiger partial charge in [0.25, 0.3) is 0 Å². The van der Waals surface area contributed by atoms with Gasteiger partial charge in [-0.15, -0.1) is 0 Å². The van der Waals surface area contributed by atoms with Gasteiger partial charge in [-0.3, -0.25) is 4.98 Å². The lowest BCUT2D eigenvalue weighted by atomic mass is 10.1. The summed E-state index contributed by atoms with van der Waals surface area (Å²) in [4.78, 5) is 6.83. The number of rotatable bonds is 4. The second kappa shape index (κ2) is 5.13. The highest BCUT2D eigenvalue weighted by molar-refractivity contribution is 5.94. The van der Waals surface area contributed by atoms with E-state index >= 15 is 0 Å². The van der Waals surface area contributed by atoms with Gasteiger partial charge in [0.15, 0.2) is 0 Å². The Morgan fingerprint density at radius 1 is 1.35 bits per heavy atom. The molecule has 1 aliphatic carbocycles. The first-order valence-corrected chi connectivity index (χ1v) is 7.25. The Morgan fingerprint density at radius 2 is 2.10 bits per heavy atom. The van der Waals surface area contributed by atoms with Crippen molar-refractivity contribution in [2.75, 3.05) is 11.4 Å². The van der Waals surface area contributed by atoms with Gasteiger partial charge in [-0.25, -0.2) is 0 Å². The molecule has 3 heteroatoms. The van der Waals surface area contributed by atoms with Crippen LogP contribution in [0.25, 0.3) is 10.9 Å². The predicted molar refractivity (Wildman–Crippen MR) is 81.7 cm³/mol. The zero-order valence-corrected chi connectivity index (χ0v) is 12.0. The minimum atomic E-state index is 0.578. The number of nitriles is 1. The highest BCUT2D eigenvalue weighted by Crippen LogP contribution is 2.37. The van der Waals surface area contributed by atoms with E-state index in [1.165, 1.54) is 12.8 Å². The maximum absolute atomic E-state index is 9.45. The minimum Gasteiger partial charge on any atom is -0.367 e. The summed E-state index contributed by atoms with van der Waals surface area (Å²) in [5, 5.41) is 10.5. The zero-order valence-electron chi connectivity index (χ0n) is 12.0. The fourth-order valence-corrected chi connectivity index (χ4v) is 2.72. The highest BCUT2D eigenvalue weighted by atomic mass is 15.2. The maximum Gasteiger partial charge on any atom is 0.103 e. The molecule has 20 heavy (non-hydrogen) atoms. The molecule has 1 fully saturated rings. The van der Waals surface area contributed by atoms with E-state index in [1.54, 1.807) is 6.20 Å². The van der Waals surface area contributed by atoms with E-state index in [0.717, 1.165) is 23.1 Å². The molecule has 1 aromatic heterocycles. The third kappa shape index (κ3) is 2.34. The lowest BCUT2D eigenvalue weighted by Crippen LogP contribution is -2.30. The summed E-state index contributed by atoms with van der Waals surface area (Å²) in [6.45, 7) is 5.45. The Kier molecular flexibility index (Phi) is 3.31. The highest BCUT2D eigenvalue weighted by Gasteiger charge is 2.32. The van der Waals surface area contributed by atoms with Gasteiger partial charge in [-0.1, -0.05) is 32.0 Å². The molecule has 0 aliphatic heterocycles. The first-order valence-electron chi connectivity index (χ1n) is 7.25. The molecule has 1 saturated carbocycles. The average molecular weight is 265 g/mol. The fourth-order valence-electron chi connectivity index (χ4n) is 2.72. The van der Waals surface area contributed by atoms with Gasteiger partial charge in [-0.2, -0.15) is 5.26 Å². The summed E-state index contributed by atoms with van der Waals surface area (Å²) in [5.41, 5.74) is 2.74. The first kappa shape index (κ1) is 12.9. The monoisotopic (exact) mass is 265 g/mol. The summed E-state index contributed by atoms with van der Waals surface area (Å²) in [7, 11) is 0. The summed E-state index contributed by atoms with van der Waals surface area (Å²) in [5.74, 6) is 0.578. The second-order valence-corrected chi connectivity index (χ2v) is 5.93. The molecular weight excluding hydrogens is 246 g/mol. The Hall–Kier alpha value is -2.08. The van der Waals surface area contributed by atoms with Crippen molar-refractivity contribution in [1.82, 2.24) is 4.98 Å². The summed E-state index contributed by atoms with van der Waals surface area (Å²) < 4.78 is 0. The minimum absolute atomic E-state index is 0.578. The van der Waals surface area contributed by atoms with Crippen molar-refractivity contribution in [2.45, 2.75) is 32.7 Å². The normalized spacial score (nSPS) is 14.5. The molecule has 2 aromatic rings. The van der Waals surface area contributed by atoms with Gasteiger partial charge in [0.2, 0.25) is 0 Å². The van der Waals surface area contributed by atoms with E-state index in [-0.39, 0.29) is 0 Å². The third-order valence-corrected chi connectivity index (χ3v) is 3.70. The van der Waals surface area contributed by atoms with Gasteiger partial charge >= 0.3 is 0 Å². The molecule has 1 aliphatic rings. The quantitative estimate of drug-likeness (QED) is 0.845. The number of benzene rings is 1. The smallest absolute Gasteiger partial charge is 0.103 e. The van der Waals surface area contributed by atoms with E-state index in [4.69, 9.17) is 0 Å². The number of fused-ring (bicyclic) bond motifs is 1. The molecule has 0 saturated heterocycles. The van der Waals surface area contributed by atoms with E-state index in [1.807, 2.05) is 18.2 Å². The molecule has 3 rings (SSSR count). The number of aromatic nitrogens is 1. The van der Waals surface area contributed by atoms with Crippen LogP contribution in [0.1, 0.15) is 32.3 Å². The molecule has 0 N–H and O–H groups in total. The van der Waals surface area contributed by atoms with Crippen molar-refractivity contribution in [2.24, 2.45) is 5.92 Å². The third-order valence-electron chi connectivity index (χ3n) is 3.70. The van der Waals surface area contributed by atoms with Gasteiger partial charge in [-0.05, 0) is 24.8 Å². The molecular formula is C17H19N3. The predicted octanol–water partition coefficient (Wildman–Crippen LogP) is 3.73. The van der Waals surface area contributed by atoms with Crippen LogP contribution in [0.5, 0.6) is 0 Å². The molecule has 102 valence electrons. The van der Waals surface area contributed by atoms with Crippen molar-refractivity contribution in [3.63, 3.8) is 0 Å². The topological polar surface area (TPSA) is 39.9 Å². The molecule has 0 bridgehead atoms. The second-order valence-electron chi connectivity index (χ2n) is 5.93. The molecule has 0 atom stereocenters. The first-order chi connectivity index (χ1) is 9.70. The van der Waals surface area contributed by atoms with Crippen LogP contribution in [0.2, 0.25) is 0 Å². The summed E-state index contributed by atoms with van der Waals surface area (Å²) >= 11 is 0. The van der Waals surface area contributed by atoms with Crippen molar-refractivity contribution >= 4 is 16.6 Å². The Balaban J connectivity index is 2.18. The van der Waals surface area contributed by atoms with Crippen LogP contribution in [0.3, 0.4) is 0 Å². The van der Waals surface area contributed by atoms with Crippen LogP contribution in [0, 0.1) is 17.2 Å². The Morgan fingerprint density at radius 3 is 2.75 bits per heavy atom. The van der Waals surface area contributed by atoms with Crippen molar-refractivity contribution in [1.29, 1.82) is 5.26 Å². The van der Waals surface area contributed by atoms with Crippen LogP contribution >= 0.6 is 0 Å². The molecule has 3 nitrogen and oxygen atoms in total. The van der Waals surface area contributed by atoms with E-state index in [9.17, 15) is 5.26 Å². The number of para-hydroxylation sites is 1. The molecule has 1 aromatic carbocycles. The summed E-state index contributed by atoms with van der Waals surface area (Å²) in [6, 6.07) is 11.0. The van der Waals surface area contributed by atoms with Gasteiger partial charge in [0.05, 0.1) is 16.8 Å². The number of anilines is 1. The summed E-state index contributed by atoms with van der Waals surface area (Å²) in [6.07, 6.45) is 4.18. The van der Waals surface area contributed by atoms with Crippen LogP contribution in [-0.2, 0) is 0 Å². The number of hydrogen-bond donors (Lipinski definition) is 0. The molecule has 0 unspecified atom stereocenters. The SMILES string of the molecule is CC(C)CN(c1c(C#N)cnc2ccccc12)C1CC1. The molecule has 0 spiro atoms. The molecule has 0 amide bonds. The Labute approximate surface area is 119 Å². The van der Waals surface area contributed by atoms with Gasteiger partial charge < -0.3 is 4.90 Å². The van der Waals surface area contributed by atoms with Crippen LogP contribution < -0.4 is 4.90 Å². The van der Waals surface area contributed by atoms with Crippen LogP contribution in [0.4, 0.5) is 5.69 Å². The number of pyridine rings is 1. The van der Waals surface area contributed by atoms with Crippen molar-refractivity contribution < 1.29 is 0 Å². The van der Waals surface area contributed by atoms with Crippen LogP contribution in [-0.4, -0.2) is 17.6 Å². The largest absolute Gasteiger partial charge is 0.367 e. The van der Waals surface area contributed by atoms with E-state index < -0.39 is 0 Å². The fraction of sp³-hybridized carbons (Fsp3) is 0.412. The number of hydrogen-bond acceptors (Lipinski definition) is 3. The lowest BCUT2D eigenvalue weighted by Gasteiger charge is -2.28. The van der Waals surface area contributed by atoms with E-state index in [2.05, 4.69) is 35.9 Å². The molecule has 1 heterocycles. The van der Waals surface area contributed by atoms with Gasteiger partial charge in [0, 0.05) is 24.2 Å². The van der Waals surface area contributed by atoms with Gasteiger partial charge in [0.1, 0.15) is 6.07 Å². The Bertz CT molecular complexity index is 665. The van der Waals surface area contributed by atoms with Crippen LogP contribution in [0.15, 0.2) is 30.5 Å². The zero-order chi connectivity index (χ0) is 14.1. The van der Waals surface area contributed by atoms with Crippen molar-refractivity contribution in [3.8, 4) is 6.07 Å². The maximum atomic E-state index is 9.45.